The van der Waals surface area contributed by atoms with E-state index in [1.165, 1.54) is 7.11 Å². The number of aliphatic hydroxyl groups excluding tert-OH is 1. The zero-order valence-electron chi connectivity index (χ0n) is 16.0. The van der Waals surface area contributed by atoms with Gasteiger partial charge in [-0.2, -0.15) is 0 Å². The van der Waals surface area contributed by atoms with E-state index in [4.69, 9.17) is 23.7 Å². The van der Waals surface area contributed by atoms with Crippen molar-refractivity contribution in [2.45, 2.75) is 43.4 Å². The third kappa shape index (κ3) is 4.49. The first-order chi connectivity index (χ1) is 14.2. The third-order valence-electron chi connectivity index (χ3n) is 5.07. The van der Waals surface area contributed by atoms with Crippen LogP contribution in [-0.4, -0.2) is 55.5 Å². The third-order valence-corrected chi connectivity index (χ3v) is 5.07. The Morgan fingerprint density at radius 1 is 1.07 bits per heavy atom. The van der Waals surface area contributed by atoms with Crippen molar-refractivity contribution in [3.05, 3.63) is 71.8 Å². The van der Waals surface area contributed by atoms with E-state index in [9.17, 15) is 9.90 Å². The van der Waals surface area contributed by atoms with Crippen LogP contribution >= 0.6 is 0 Å². The highest BCUT2D eigenvalue weighted by atomic mass is 16.8. The highest BCUT2D eigenvalue weighted by molar-refractivity contribution is 5.72. The van der Waals surface area contributed by atoms with Crippen LogP contribution in [0, 0.1) is 0 Å². The lowest BCUT2D eigenvalue weighted by molar-refractivity contribution is -0.358. The fraction of sp³-hybridized carbons (Fsp3) is 0.409. The molecule has 2 aromatic carbocycles. The van der Waals surface area contributed by atoms with Crippen molar-refractivity contribution in [2.75, 3.05) is 13.7 Å². The topological polar surface area (TPSA) is 83.5 Å². The zero-order valence-corrected chi connectivity index (χ0v) is 16.0. The molecule has 1 unspecified atom stereocenters. The molecule has 0 aliphatic carbocycles. The molecule has 0 saturated carbocycles. The zero-order chi connectivity index (χ0) is 20.2. The predicted octanol–water partition coefficient (Wildman–Crippen LogP) is 1.99. The van der Waals surface area contributed by atoms with Gasteiger partial charge in [0.1, 0.15) is 18.3 Å². The van der Waals surface area contributed by atoms with Crippen LogP contribution in [0.5, 0.6) is 0 Å². The Kier molecular flexibility index (Phi) is 6.22. The molecule has 2 fully saturated rings. The van der Waals surface area contributed by atoms with Gasteiger partial charge in [-0.3, -0.25) is 4.79 Å². The molecule has 0 amide bonds. The summed E-state index contributed by atoms with van der Waals surface area (Å²) in [4.78, 5) is 12.4. The van der Waals surface area contributed by atoms with Gasteiger partial charge in [-0.05, 0) is 5.56 Å². The van der Waals surface area contributed by atoms with E-state index in [-0.39, 0.29) is 13.0 Å². The second-order valence-corrected chi connectivity index (χ2v) is 7.06. The van der Waals surface area contributed by atoms with Crippen LogP contribution in [0.15, 0.2) is 60.7 Å². The maximum Gasteiger partial charge on any atom is 0.310 e. The van der Waals surface area contributed by atoms with Crippen LogP contribution in [0.25, 0.3) is 0 Å². The highest BCUT2D eigenvalue weighted by Gasteiger charge is 2.51. The monoisotopic (exact) mass is 400 g/mol. The van der Waals surface area contributed by atoms with E-state index >= 15 is 0 Å². The number of ether oxygens (including phenoxy) is 5. The maximum atomic E-state index is 12.4. The molecule has 0 bridgehead atoms. The van der Waals surface area contributed by atoms with Crippen molar-refractivity contribution < 1.29 is 33.6 Å². The summed E-state index contributed by atoms with van der Waals surface area (Å²) in [5, 5.41) is 10.9. The average molecular weight is 400 g/mol. The SMILES string of the molecule is CO[C@H]1O[C@@H]2COC(c3ccccc3)O[C@H]2[C@H](O)[C@H]1OC(=O)Cc1ccccc1. The lowest BCUT2D eigenvalue weighted by Gasteiger charge is -2.46. The molecule has 154 valence electrons. The van der Waals surface area contributed by atoms with E-state index in [1.54, 1.807) is 0 Å². The number of aliphatic hydroxyl groups is 1. The van der Waals surface area contributed by atoms with Gasteiger partial charge in [0.2, 0.25) is 0 Å². The van der Waals surface area contributed by atoms with Gasteiger partial charge < -0.3 is 28.8 Å². The molecule has 0 spiro atoms. The molecule has 2 aliphatic rings. The summed E-state index contributed by atoms with van der Waals surface area (Å²) in [5.41, 5.74) is 1.66. The number of benzene rings is 2. The molecule has 7 heteroatoms. The van der Waals surface area contributed by atoms with Crippen molar-refractivity contribution in [1.82, 2.24) is 0 Å². The molecular formula is C22H24O7. The van der Waals surface area contributed by atoms with Crippen LogP contribution in [0.4, 0.5) is 0 Å². The Balaban J connectivity index is 1.45. The smallest absolute Gasteiger partial charge is 0.310 e. The molecule has 2 heterocycles. The van der Waals surface area contributed by atoms with Crippen molar-refractivity contribution in [1.29, 1.82) is 0 Å². The number of hydrogen-bond donors (Lipinski definition) is 1. The molecule has 7 nitrogen and oxygen atoms in total. The van der Waals surface area contributed by atoms with E-state index in [0.717, 1.165) is 11.1 Å². The fourth-order valence-electron chi connectivity index (χ4n) is 3.62. The molecule has 4 rings (SSSR count). The van der Waals surface area contributed by atoms with Gasteiger partial charge in [0.25, 0.3) is 0 Å². The molecule has 0 radical (unpaired) electrons. The molecule has 2 aliphatic heterocycles. The largest absolute Gasteiger partial charge is 0.454 e. The maximum absolute atomic E-state index is 12.4. The summed E-state index contributed by atoms with van der Waals surface area (Å²) >= 11 is 0. The molecule has 29 heavy (non-hydrogen) atoms. The second kappa shape index (κ2) is 9.02. The number of carbonyl (C=O) groups is 1. The minimum Gasteiger partial charge on any atom is -0.454 e. The lowest BCUT2D eigenvalue weighted by atomic mass is 9.97. The summed E-state index contributed by atoms with van der Waals surface area (Å²) in [6, 6.07) is 18.7. The van der Waals surface area contributed by atoms with Crippen LogP contribution in [0.1, 0.15) is 17.4 Å². The number of methoxy groups -OCH3 is 1. The lowest BCUT2D eigenvalue weighted by Crippen LogP contribution is -2.63. The fourth-order valence-corrected chi connectivity index (χ4v) is 3.62. The predicted molar refractivity (Wildman–Crippen MR) is 102 cm³/mol. The van der Waals surface area contributed by atoms with Gasteiger partial charge >= 0.3 is 5.97 Å². The van der Waals surface area contributed by atoms with E-state index in [0.29, 0.717) is 0 Å². The van der Waals surface area contributed by atoms with Gasteiger partial charge in [0, 0.05) is 12.7 Å². The van der Waals surface area contributed by atoms with Crippen molar-refractivity contribution >= 4 is 5.97 Å². The summed E-state index contributed by atoms with van der Waals surface area (Å²) in [6.07, 6.45) is -4.82. The van der Waals surface area contributed by atoms with Crippen LogP contribution in [0.3, 0.4) is 0 Å². The normalized spacial score (nSPS) is 31.7. The van der Waals surface area contributed by atoms with Crippen molar-refractivity contribution in [2.24, 2.45) is 0 Å². The first-order valence-corrected chi connectivity index (χ1v) is 9.57. The first kappa shape index (κ1) is 20.0. The second-order valence-electron chi connectivity index (χ2n) is 7.06. The van der Waals surface area contributed by atoms with E-state index in [1.807, 2.05) is 60.7 Å². The van der Waals surface area contributed by atoms with Gasteiger partial charge in [-0.25, -0.2) is 0 Å². The number of fused-ring (bicyclic) bond motifs is 1. The Hall–Kier alpha value is -2.29. The summed E-state index contributed by atoms with van der Waals surface area (Å²) in [7, 11) is 1.44. The van der Waals surface area contributed by atoms with Gasteiger partial charge in [0.05, 0.1) is 13.0 Å². The Morgan fingerprint density at radius 2 is 1.76 bits per heavy atom. The van der Waals surface area contributed by atoms with Crippen LogP contribution < -0.4 is 0 Å². The van der Waals surface area contributed by atoms with Crippen molar-refractivity contribution in [3.8, 4) is 0 Å². The molecule has 6 atom stereocenters. The van der Waals surface area contributed by atoms with Gasteiger partial charge in [0.15, 0.2) is 18.7 Å². The number of hydrogen-bond acceptors (Lipinski definition) is 7. The summed E-state index contributed by atoms with van der Waals surface area (Å²) in [6.45, 7) is 0.228. The number of esters is 1. The van der Waals surface area contributed by atoms with Gasteiger partial charge in [-0.1, -0.05) is 60.7 Å². The summed E-state index contributed by atoms with van der Waals surface area (Å²) < 4.78 is 28.4. The minimum atomic E-state index is -1.12. The Morgan fingerprint density at radius 3 is 2.45 bits per heavy atom. The number of carbonyl (C=O) groups excluding carboxylic acids is 1. The van der Waals surface area contributed by atoms with E-state index in [2.05, 4.69) is 0 Å². The van der Waals surface area contributed by atoms with E-state index < -0.39 is 43.0 Å². The molecule has 1 N–H and O–H groups in total. The standard InChI is InChI=1S/C22H24O7/c1-25-22-20(28-17(23)12-14-8-4-2-5-9-14)18(24)19-16(27-22)13-26-21(29-19)15-10-6-3-7-11-15/h2-11,16,18-22,24H,12-13H2,1H3/t16-,18+,19-,20-,21?,22+/m1/s1. The molecule has 0 aromatic heterocycles. The van der Waals surface area contributed by atoms with Crippen LogP contribution in [0.2, 0.25) is 0 Å². The Bertz CT molecular complexity index is 797. The molecule has 2 aromatic rings. The minimum absolute atomic E-state index is 0.0885. The van der Waals surface area contributed by atoms with Gasteiger partial charge in [-0.15, -0.1) is 0 Å². The summed E-state index contributed by atoms with van der Waals surface area (Å²) in [5.74, 6) is -0.476. The van der Waals surface area contributed by atoms with Crippen molar-refractivity contribution in [3.63, 3.8) is 0 Å². The van der Waals surface area contributed by atoms with Crippen LogP contribution in [-0.2, 0) is 34.9 Å². The number of rotatable bonds is 5. The quantitative estimate of drug-likeness (QED) is 0.769. The highest BCUT2D eigenvalue weighted by Crippen LogP contribution is 2.35. The Labute approximate surface area is 169 Å². The molecular weight excluding hydrogens is 376 g/mol. The molecule has 2 saturated heterocycles. The first-order valence-electron chi connectivity index (χ1n) is 9.57. The average Bonchev–Trinajstić information content (AvgIpc) is 2.76.